The first-order chi connectivity index (χ1) is 19.7. The molecule has 5 rings (SSSR count). The van der Waals surface area contributed by atoms with Gasteiger partial charge in [0.2, 0.25) is 0 Å². The van der Waals surface area contributed by atoms with Gasteiger partial charge in [0.25, 0.3) is 0 Å². The monoisotopic (exact) mass is 564 g/mol. The molecule has 0 aromatic heterocycles. The fourth-order valence-electron chi connectivity index (χ4n) is 5.52. The predicted octanol–water partition coefficient (Wildman–Crippen LogP) is 4.18. The molecule has 9 heteroatoms. The van der Waals surface area contributed by atoms with Crippen molar-refractivity contribution >= 4 is 5.97 Å². The van der Waals surface area contributed by atoms with Crippen LogP contribution in [-0.2, 0) is 34.1 Å². The van der Waals surface area contributed by atoms with E-state index in [1.165, 1.54) is 6.92 Å². The summed E-state index contributed by atoms with van der Waals surface area (Å²) in [5, 5.41) is 11.5. The van der Waals surface area contributed by atoms with E-state index in [2.05, 4.69) is 0 Å². The van der Waals surface area contributed by atoms with Gasteiger partial charge >= 0.3 is 5.97 Å². The van der Waals surface area contributed by atoms with Gasteiger partial charge in [0.05, 0.1) is 20.8 Å². The van der Waals surface area contributed by atoms with Crippen molar-refractivity contribution < 1.29 is 43.1 Å². The minimum absolute atomic E-state index is 0.168. The molecule has 3 aromatic carbocycles. The topological polar surface area (TPSA) is 102 Å². The highest BCUT2D eigenvalue weighted by molar-refractivity contribution is 5.66. The van der Waals surface area contributed by atoms with E-state index >= 15 is 0 Å². The Balaban J connectivity index is 1.52. The molecule has 2 aliphatic rings. The van der Waals surface area contributed by atoms with Crippen LogP contribution in [0, 0.1) is 0 Å². The normalized spacial score (nSPS) is 24.0. The van der Waals surface area contributed by atoms with Gasteiger partial charge < -0.3 is 38.3 Å². The maximum absolute atomic E-state index is 12.0. The number of fused-ring (bicyclic) bond motifs is 1. The van der Waals surface area contributed by atoms with Crippen molar-refractivity contribution in [3.63, 3.8) is 0 Å². The second-order valence-electron chi connectivity index (χ2n) is 10.5. The summed E-state index contributed by atoms with van der Waals surface area (Å²) in [7, 11) is 3.22. The zero-order valence-corrected chi connectivity index (χ0v) is 23.8. The van der Waals surface area contributed by atoms with Crippen LogP contribution >= 0.6 is 0 Å². The third-order valence-electron chi connectivity index (χ3n) is 7.35. The first-order valence-electron chi connectivity index (χ1n) is 13.5. The Bertz CT molecular complexity index is 1260. The third-order valence-corrected chi connectivity index (χ3v) is 7.35. The van der Waals surface area contributed by atoms with Gasteiger partial charge in [-0.1, -0.05) is 54.6 Å². The summed E-state index contributed by atoms with van der Waals surface area (Å²) in [6, 6.07) is 25.0. The molecule has 0 spiro atoms. The number of ether oxygens (including phenoxy) is 7. The first-order valence-corrected chi connectivity index (χ1v) is 13.5. The number of aliphatic hydroxyl groups is 1. The Labute approximate surface area is 239 Å². The summed E-state index contributed by atoms with van der Waals surface area (Å²) >= 11 is 0. The fraction of sp³-hybridized carbons (Fsp3) is 0.406. The number of hydrogen-bond acceptors (Lipinski definition) is 9. The predicted molar refractivity (Wildman–Crippen MR) is 149 cm³/mol. The molecular formula is C32H36O9. The SMILES string of the molecule is COc1ccc(C(OC[C@@H](O)[C@H]2O[C@@H]3OC(C)(C)O[C@@H]3[C@H]2OC(C)=O)(c2ccccc2)c2ccc(OC)cc2)cc1. The van der Waals surface area contributed by atoms with Gasteiger partial charge in [-0.2, -0.15) is 0 Å². The van der Waals surface area contributed by atoms with Crippen LogP contribution in [0.3, 0.4) is 0 Å². The lowest BCUT2D eigenvalue weighted by atomic mass is 9.80. The van der Waals surface area contributed by atoms with Crippen LogP contribution in [0.25, 0.3) is 0 Å². The van der Waals surface area contributed by atoms with E-state index in [-0.39, 0.29) is 6.61 Å². The first kappa shape index (κ1) is 29.0. The Morgan fingerprint density at radius 1 is 0.878 bits per heavy atom. The van der Waals surface area contributed by atoms with E-state index < -0.39 is 48.1 Å². The number of carbonyl (C=O) groups excluding carboxylic acids is 1. The molecule has 0 aliphatic carbocycles. The van der Waals surface area contributed by atoms with Crippen LogP contribution in [0.4, 0.5) is 0 Å². The molecule has 2 aliphatic heterocycles. The highest BCUT2D eigenvalue weighted by atomic mass is 16.8. The molecule has 3 aromatic rings. The van der Waals surface area contributed by atoms with E-state index in [0.717, 1.165) is 16.7 Å². The second-order valence-corrected chi connectivity index (χ2v) is 10.5. The summed E-state index contributed by atoms with van der Waals surface area (Å²) in [5.74, 6) is -0.0291. The highest BCUT2D eigenvalue weighted by Gasteiger charge is 2.58. The number of aliphatic hydroxyl groups excluding tert-OH is 1. The van der Waals surface area contributed by atoms with Gasteiger partial charge in [0.15, 0.2) is 24.3 Å². The lowest BCUT2D eigenvalue weighted by Gasteiger charge is -2.37. The molecular weight excluding hydrogens is 528 g/mol. The molecule has 2 fully saturated rings. The number of rotatable bonds is 10. The van der Waals surface area contributed by atoms with Crippen molar-refractivity contribution in [3.05, 3.63) is 95.6 Å². The molecule has 0 radical (unpaired) electrons. The van der Waals surface area contributed by atoms with Crippen molar-refractivity contribution in [2.75, 3.05) is 20.8 Å². The zero-order valence-electron chi connectivity index (χ0n) is 23.8. The van der Waals surface area contributed by atoms with Crippen molar-refractivity contribution in [3.8, 4) is 11.5 Å². The molecule has 0 unspecified atom stereocenters. The van der Waals surface area contributed by atoms with Crippen LogP contribution in [0.2, 0.25) is 0 Å². The quantitative estimate of drug-likeness (QED) is 0.287. The molecule has 218 valence electrons. The molecule has 2 saturated heterocycles. The molecule has 0 amide bonds. The summed E-state index contributed by atoms with van der Waals surface area (Å²) in [5.41, 5.74) is 1.34. The van der Waals surface area contributed by atoms with Crippen molar-refractivity contribution in [1.29, 1.82) is 0 Å². The Kier molecular flexibility index (Phi) is 8.35. The lowest BCUT2D eigenvalue weighted by Crippen LogP contribution is -2.46. The second kappa shape index (κ2) is 11.8. The molecule has 1 N–H and O–H groups in total. The maximum Gasteiger partial charge on any atom is 0.303 e. The molecule has 2 heterocycles. The molecule has 5 atom stereocenters. The van der Waals surface area contributed by atoms with Crippen molar-refractivity contribution in [2.24, 2.45) is 0 Å². The Morgan fingerprint density at radius 3 is 1.93 bits per heavy atom. The average molecular weight is 565 g/mol. The third kappa shape index (κ3) is 5.82. The highest BCUT2D eigenvalue weighted by Crippen LogP contribution is 2.43. The molecule has 9 nitrogen and oxygen atoms in total. The van der Waals surface area contributed by atoms with Crippen LogP contribution in [0.5, 0.6) is 11.5 Å². The van der Waals surface area contributed by atoms with Gasteiger partial charge in [0, 0.05) is 6.92 Å². The Morgan fingerprint density at radius 2 is 1.41 bits per heavy atom. The molecule has 0 bridgehead atoms. The zero-order chi connectivity index (χ0) is 29.2. The number of esters is 1. The van der Waals surface area contributed by atoms with Crippen molar-refractivity contribution in [1.82, 2.24) is 0 Å². The van der Waals surface area contributed by atoms with Gasteiger partial charge in [-0.15, -0.1) is 0 Å². The number of benzene rings is 3. The van der Waals surface area contributed by atoms with Crippen molar-refractivity contribution in [2.45, 2.75) is 62.9 Å². The molecule has 41 heavy (non-hydrogen) atoms. The number of hydrogen-bond donors (Lipinski definition) is 1. The van der Waals surface area contributed by atoms with Gasteiger partial charge in [-0.25, -0.2) is 0 Å². The van der Waals surface area contributed by atoms with Crippen LogP contribution < -0.4 is 9.47 Å². The summed E-state index contributed by atoms with van der Waals surface area (Å²) in [6.07, 6.45) is -4.50. The smallest absolute Gasteiger partial charge is 0.303 e. The standard InChI is InChI=1S/C32H36O9/c1-20(33)38-28-27(39-30-29(28)40-31(2,3)41-30)26(34)19-37-32(21-9-7-6-8-10-21,22-11-15-24(35-4)16-12-22)23-13-17-25(36-5)18-14-23/h6-18,26-30,34H,19H2,1-5H3/t26-,27-,28+,29-,30-/m1/s1. The van der Waals surface area contributed by atoms with Gasteiger partial charge in [-0.05, 0) is 54.8 Å². The van der Waals surface area contributed by atoms with E-state index in [1.807, 2.05) is 78.9 Å². The number of methoxy groups -OCH3 is 2. The number of carbonyl (C=O) groups is 1. The summed E-state index contributed by atoms with van der Waals surface area (Å²) in [4.78, 5) is 12.0. The van der Waals surface area contributed by atoms with Crippen LogP contribution in [0.1, 0.15) is 37.5 Å². The molecule has 0 saturated carbocycles. The van der Waals surface area contributed by atoms with E-state index in [0.29, 0.717) is 11.5 Å². The largest absolute Gasteiger partial charge is 0.497 e. The van der Waals surface area contributed by atoms with Gasteiger partial charge in [-0.3, -0.25) is 4.79 Å². The van der Waals surface area contributed by atoms with E-state index in [9.17, 15) is 9.90 Å². The Hall–Kier alpha value is -3.47. The summed E-state index contributed by atoms with van der Waals surface area (Å²) < 4.78 is 41.0. The van der Waals surface area contributed by atoms with Gasteiger partial charge in [0.1, 0.15) is 29.3 Å². The van der Waals surface area contributed by atoms with E-state index in [1.54, 1.807) is 28.1 Å². The fourth-order valence-corrected chi connectivity index (χ4v) is 5.52. The minimum atomic E-state index is -1.19. The van der Waals surface area contributed by atoms with Crippen LogP contribution in [-0.4, -0.2) is 68.4 Å². The van der Waals surface area contributed by atoms with E-state index in [4.69, 9.17) is 33.2 Å². The average Bonchev–Trinajstić information content (AvgIpc) is 3.46. The summed E-state index contributed by atoms with van der Waals surface area (Å²) in [6.45, 7) is 4.65. The van der Waals surface area contributed by atoms with Crippen LogP contribution in [0.15, 0.2) is 78.9 Å². The lowest BCUT2D eigenvalue weighted by molar-refractivity contribution is -0.233. The minimum Gasteiger partial charge on any atom is -0.497 e. The maximum atomic E-state index is 12.0.